The summed E-state index contributed by atoms with van der Waals surface area (Å²) in [6.07, 6.45) is 3.46. The van der Waals surface area contributed by atoms with Crippen LogP contribution in [0.25, 0.3) is 0 Å². The number of halogens is 1. The number of amides is 2. The number of nitrogens with one attached hydrogen (secondary N) is 2. The number of hydrogen-bond acceptors (Lipinski definition) is 3. The van der Waals surface area contributed by atoms with E-state index in [-0.39, 0.29) is 36.2 Å². The zero-order valence-electron chi connectivity index (χ0n) is 15.6. The van der Waals surface area contributed by atoms with E-state index in [4.69, 9.17) is 0 Å². The molecule has 144 valence electrons. The van der Waals surface area contributed by atoms with E-state index in [2.05, 4.69) is 15.5 Å². The third-order valence-corrected chi connectivity index (χ3v) is 5.37. The molecule has 2 aliphatic rings. The van der Waals surface area contributed by atoms with Crippen LogP contribution in [-0.4, -0.2) is 47.9 Å². The molecule has 2 saturated heterocycles. The predicted molar refractivity (Wildman–Crippen MR) is 105 cm³/mol. The summed E-state index contributed by atoms with van der Waals surface area (Å²) in [7, 11) is 0. The molecule has 2 aliphatic heterocycles. The van der Waals surface area contributed by atoms with Gasteiger partial charge in [-0.2, -0.15) is 0 Å². The van der Waals surface area contributed by atoms with E-state index < -0.39 is 6.04 Å². The molecule has 3 rings (SSSR count). The molecule has 3 unspecified atom stereocenters. The van der Waals surface area contributed by atoms with Crippen LogP contribution in [-0.2, 0) is 16.0 Å². The van der Waals surface area contributed by atoms with Gasteiger partial charge < -0.3 is 15.5 Å². The van der Waals surface area contributed by atoms with E-state index in [0.29, 0.717) is 12.5 Å². The summed E-state index contributed by atoms with van der Waals surface area (Å²) in [5, 5.41) is 6.42. The SMILES string of the molecule is CC(C)C(NC(=O)Cc1ccccc1)C(=O)N1C2CCNCC1CC2.Cl. The molecule has 0 saturated carbocycles. The number of hydrogen-bond donors (Lipinski definition) is 2. The maximum absolute atomic E-state index is 13.2. The second-order valence-electron chi connectivity index (χ2n) is 7.57. The smallest absolute Gasteiger partial charge is 0.245 e. The third-order valence-electron chi connectivity index (χ3n) is 5.37. The molecule has 0 spiro atoms. The van der Waals surface area contributed by atoms with Gasteiger partial charge in [0.2, 0.25) is 11.8 Å². The Bertz CT molecular complexity index is 594. The molecule has 0 aromatic heterocycles. The van der Waals surface area contributed by atoms with E-state index in [1.54, 1.807) is 0 Å². The Hall–Kier alpha value is -1.59. The van der Waals surface area contributed by atoms with Crippen molar-refractivity contribution in [2.24, 2.45) is 5.92 Å². The van der Waals surface area contributed by atoms with E-state index in [1.807, 2.05) is 44.2 Å². The van der Waals surface area contributed by atoms with E-state index in [9.17, 15) is 9.59 Å². The summed E-state index contributed by atoms with van der Waals surface area (Å²) >= 11 is 0. The van der Waals surface area contributed by atoms with Gasteiger partial charge >= 0.3 is 0 Å². The molecule has 5 nitrogen and oxygen atoms in total. The summed E-state index contributed by atoms with van der Waals surface area (Å²) in [4.78, 5) is 27.8. The van der Waals surface area contributed by atoms with Crippen molar-refractivity contribution in [1.29, 1.82) is 0 Å². The van der Waals surface area contributed by atoms with Crippen LogP contribution < -0.4 is 10.6 Å². The molecule has 0 aliphatic carbocycles. The van der Waals surface area contributed by atoms with Crippen molar-refractivity contribution in [1.82, 2.24) is 15.5 Å². The van der Waals surface area contributed by atoms with Crippen LogP contribution in [0.2, 0.25) is 0 Å². The van der Waals surface area contributed by atoms with Crippen molar-refractivity contribution in [2.45, 2.75) is 57.7 Å². The van der Waals surface area contributed by atoms with Crippen molar-refractivity contribution in [3.8, 4) is 0 Å². The van der Waals surface area contributed by atoms with E-state index in [0.717, 1.165) is 37.9 Å². The van der Waals surface area contributed by atoms with Gasteiger partial charge in [-0.25, -0.2) is 0 Å². The fourth-order valence-corrected chi connectivity index (χ4v) is 4.02. The maximum atomic E-state index is 13.2. The number of nitrogens with zero attached hydrogens (tertiary/aromatic N) is 1. The lowest BCUT2D eigenvalue weighted by Crippen LogP contribution is -2.55. The van der Waals surface area contributed by atoms with E-state index in [1.165, 1.54) is 0 Å². The second kappa shape index (κ2) is 9.38. The highest BCUT2D eigenvalue weighted by molar-refractivity contribution is 5.89. The Kier molecular flexibility index (Phi) is 7.47. The molecule has 1 aromatic carbocycles. The fraction of sp³-hybridized carbons (Fsp3) is 0.600. The minimum absolute atomic E-state index is 0. The quantitative estimate of drug-likeness (QED) is 0.824. The molecular formula is C20H30ClN3O2. The Morgan fingerprint density at radius 1 is 1.15 bits per heavy atom. The summed E-state index contributed by atoms with van der Waals surface area (Å²) in [5.41, 5.74) is 0.967. The van der Waals surface area contributed by atoms with E-state index >= 15 is 0 Å². The predicted octanol–water partition coefficient (Wildman–Crippen LogP) is 2.14. The average molecular weight is 380 g/mol. The van der Waals surface area contributed by atoms with Gasteiger partial charge in [0.15, 0.2) is 0 Å². The lowest BCUT2D eigenvalue weighted by Gasteiger charge is -2.33. The molecule has 2 bridgehead atoms. The van der Waals surface area contributed by atoms with Crippen molar-refractivity contribution < 1.29 is 9.59 Å². The number of carbonyl (C=O) groups is 2. The monoisotopic (exact) mass is 379 g/mol. The average Bonchev–Trinajstić information content (AvgIpc) is 2.85. The lowest BCUT2D eigenvalue weighted by atomic mass is 10.0. The molecule has 3 atom stereocenters. The van der Waals surface area contributed by atoms with Gasteiger partial charge in [0, 0.05) is 18.6 Å². The highest BCUT2D eigenvalue weighted by Crippen LogP contribution is 2.29. The first-order valence-corrected chi connectivity index (χ1v) is 9.42. The largest absolute Gasteiger partial charge is 0.344 e. The molecule has 1 aromatic rings. The summed E-state index contributed by atoms with van der Waals surface area (Å²) < 4.78 is 0. The van der Waals surface area contributed by atoms with Crippen molar-refractivity contribution in [2.75, 3.05) is 13.1 Å². The Balaban J connectivity index is 0.00000243. The third kappa shape index (κ3) is 4.77. The Morgan fingerprint density at radius 3 is 2.54 bits per heavy atom. The zero-order valence-corrected chi connectivity index (χ0v) is 16.4. The van der Waals surface area contributed by atoms with Crippen LogP contribution in [0.4, 0.5) is 0 Å². The fourth-order valence-electron chi connectivity index (χ4n) is 4.02. The van der Waals surface area contributed by atoms with Gasteiger partial charge in [0.05, 0.1) is 6.42 Å². The number of carbonyl (C=O) groups excluding carboxylic acids is 2. The molecule has 0 radical (unpaired) electrons. The molecule has 2 fully saturated rings. The summed E-state index contributed by atoms with van der Waals surface area (Å²) in [5.74, 6) is 0.0778. The lowest BCUT2D eigenvalue weighted by molar-refractivity contribution is -0.139. The maximum Gasteiger partial charge on any atom is 0.245 e. The van der Waals surface area contributed by atoms with Crippen molar-refractivity contribution >= 4 is 24.2 Å². The van der Waals surface area contributed by atoms with Gasteiger partial charge in [-0.05, 0) is 37.3 Å². The summed E-state index contributed by atoms with van der Waals surface area (Å²) in [6, 6.07) is 9.80. The Labute approximate surface area is 162 Å². The first-order valence-electron chi connectivity index (χ1n) is 9.42. The van der Waals surface area contributed by atoms with Gasteiger partial charge in [-0.3, -0.25) is 9.59 Å². The number of benzene rings is 1. The highest BCUT2D eigenvalue weighted by atomic mass is 35.5. The Morgan fingerprint density at radius 2 is 1.85 bits per heavy atom. The summed E-state index contributed by atoms with van der Waals surface area (Å²) in [6.45, 7) is 5.84. The molecule has 2 N–H and O–H groups in total. The van der Waals surface area contributed by atoms with Crippen LogP contribution in [0.15, 0.2) is 30.3 Å². The van der Waals surface area contributed by atoms with Gasteiger partial charge in [-0.1, -0.05) is 44.2 Å². The van der Waals surface area contributed by atoms with Crippen LogP contribution in [0.3, 0.4) is 0 Å². The normalized spacial score (nSPS) is 23.1. The van der Waals surface area contributed by atoms with Crippen LogP contribution in [0, 0.1) is 5.92 Å². The molecule has 2 amide bonds. The molecule has 26 heavy (non-hydrogen) atoms. The minimum Gasteiger partial charge on any atom is -0.344 e. The van der Waals surface area contributed by atoms with Crippen molar-refractivity contribution in [3.63, 3.8) is 0 Å². The molecule has 6 heteroatoms. The van der Waals surface area contributed by atoms with Gasteiger partial charge in [-0.15, -0.1) is 12.4 Å². The minimum atomic E-state index is -0.447. The number of rotatable bonds is 5. The van der Waals surface area contributed by atoms with Crippen LogP contribution in [0.1, 0.15) is 38.7 Å². The molecule has 2 heterocycles. The van der Waals surface area contributed by atoms with Gasteiger partial charge in [0.25, 0.3) is 0 Å². The van der Waals surface area contributed by atoms with Crippen LogP contribution in [0.5, 0.6) is 0 Å². The standard InChI is InChI=1S/C20H29N3O2.ClH/c1-14(2)19(22-18(24)12-15-6-4-3-5-7-15)20(25)23-16-8-9-17(23)13-21-11-10-16;/h3-7,14,16-17,19,21H,8-13H2,1-2H3,(H,22,24);1H. The first-order chi connectivity index (χ1) is 12.1. The van der Waals surface area contributed by atoms with Crippen molar-refractivity contribution in [3.05, 3.63) is 35.9 Å². The zero-order chi connectivity index (χ0) is 17.8. The van der Waals surface area contributed by atoms with Gasteiger partial charge in [0.1, 0.15) is 6.04 Å². The highest BCUT2D eigenvalue weighted by Gasteiger charge is 2.41. The topological polar surface area (TPSA) is 61.4 Å². The number of fused-ring (bicyclic) bond motifs is 2. The second-order valence-corrected chi connectivity index (χ2v) is 7.57. The molecular weight excluding hydrogens is 350 g/mol. The first kappa shape index (κ1) is 20.7. The van der Waals surface area contributed by atoms with Crippen LogP contribution >= 0.6 is 12.4 Å².